The number of fused-ring (bicyclic) bond motifs is 18. The Bertz CT molecular complexity index is 5870. The van der Waals surface area contributed by atoms with Crippen LogP contribution in [0, 0.1) is 87.3 Å². The first-order chi connectivity index (χ1) is 67.8. The lowest BCUT2D eigenvalue weighted by Crippen LogP contribution is -2.49. The van der Waals surface area contributed by atoms with Gasteiger partial charge in [0.25, 0.3) is 59.6 Å². The number of aromatic nitrogens is 6. The maximum absolute atomic E-state index is 13.8. The Labute approximate surface area is 839 Å². The van der Waals surface area contributed by atoms with Crippen molar-refractivity contribution in [2.45, 2.75) is 284 Å². The maximum Gasteiger partial charge on any atom is 0.281 e. The van der Waals surface area contributed by atoms with E-state index < -0.39 is 60.0 Å². The van der Waals surface area contributed by atoms with Crippen molar-refractivity contribution < 1.29 is 68.2 Å². The summed E-state index contributed by atoms with van der Waals surface area (Å²) >= 11 is 6.14. The van der Waals surface area contributed by atoms with E-state index in [2.05, 4.69) is 112 Å². The molecule has 6 saturated heterocycles. The van der Waals surface area contributed by atoms with Crippen LogP contribution in [0.25, 0.3) is 0 Å². The molecule has 6 aromatic rings. The van der Waals surface area contributed by atoms with Crippen molar-refractivity contribution >= 4 is 124 Å². The number of carbonyl (C=O) groups excluding carboxylic acids is 6. The first-order valence-electron chi connectivity index (χ1n) is 52.4. The topological polar surface area (TPSA) is 410 Å². The molecule has 7 N–H and O–H groups in total. The Hall–Kier alpha value is -9.46. The molecule has 6 amide bonds. The van der Waals surface area contributed by atoms with Gasteiger partial charge in [-0.2, -0.15) is 25.3 Å². The molecule has 764 valence electrons. The summed E-state index contributed by atoms with van der Waals surface area (Å²) in [6, 6.07) is 23.6. The summed E-state index contributed by atoms with van der Waals surface area (Å²) < 4.78 is 104. The van der Waals surface area contributed by atoms with Crippen molar-refractivity contribution in [3.8, 4) is 0 Å². The van der Waals surface area contributed by atoms with E-state index in [1.807, 2.05) is 0 Å². The zero-order chi connectivity index (χ0) is 98.8. The van der Waals surface area contributed by atoms with Gasteiger partial charge >= 0.3 is 0 Å². The fraction of sp³-hybridized carbons (Fsp3) is 0.657. The van der Waals surface area contributed by atoms with Gasteiger partial charge in [-0.15, -0.1) is 0 Å². The number of hydrogen-bond acceptors (Lipinski definition) is 27. The Morgan fingerprint density at radius 3 is 0.951 bits per heavy atom. The van der Waals surface area contributed by atoms with E-state index in [9.17, 15) is 54.0 Å². The minimum atomic E-state index is -4.26. The molecule has 24 bridgehead atoms. The lowest BCUT2D eigenvalue weighted by molar-refractivity contribution is -0.139. The van der Waals surface area contributed by atoms with Crippen LogP contribution in [0.1, 0.15) is 265 Å². The lowest BCUT2D eigenvalue weighted by Gasteiger charge is -2.56. The highest BCUT2D eigenvalue weighted by molar-refractivity contribution is 7.90. The van der Waals surface area contributed by atoms with Gasteiger partial charge in [0.1, 0.15) is 70.0 Å². The SMILES string of the molecule is CC1(C)C[C@@H]2CCCNc3cccc(n3)S(=O)(=O)NC(=O)c3ccc(Cl)nc3N1C2.CC1(C)C[C@@H]2CCCNc3cccc(n3)S(=O)(=O)NC(=O)c3ccc(N4CCC(OCC56CC7CC(CC(C7)C5)C6)C4=O)nc3N1C2.CC1(C)C[C@@H]2CCCNc3cccc(n3)S(=O)(=O)NC(=O)c3ccc(N4CCC(OCC56CC7CC(CC(C7)C5)C6)C4=O)nc3N1C2.O=C1NCCC1OCC12CC3CC(CC(C3)C1)C2. The van der Waals surface area contributed by atoms with E-state index in [-0.39, 0.29) is 88.2 Å². The van der Waals surface area contributed by atoms with Crippen LogP contribution in [-0.4, -0.2) is 204 Å². The zero-order valence-corrected chi connectivity index (χ0v) is 85.9. The molecule has 0 spiro atoms. The molecule has 27 rings (SSSR count). The van der Waals surface area contributed by atoms with Crippen LogP contribution in [0.3, 0.4) is 0 Å². The molecule has 12 saturated carbocycles. The van der Waals surface area contributed by atoms with Gasteiger partial charge in [0.05, 0.1) is 36.5 Å². The van der Waals surface area contributed by atoms with E-state index in [0.717, 1.165) is 137 Å². The largest absolute Gasteiger partial charge is 0.370 e. The van der Waals surface area contributed by atoms with Crippen LogP contribution >= 0.6 is 11.6 Å². The summed E-state index contributed by atoms with van der Waals surface area (Å²) in [6.07, 6.45) is 33.4. The number of pyridine rings is 6. The average molecular weight is 2030 g/mol. The number of ether oxygens (including phenoxy) is 3. The minimum absolute atomic E-state index is 0.0941. The van der Waals surface area contributed by atoms with Gasteiger partial charge in [-0.1, -0.05) is 29.8 Å². The average Bonchev–Trinajstić information content (AvgIpc) is 1.12. The van der Waals surface area contributed by atoms with Gasteiger partial charge in [-0.25, -0.2) is 44.1 Å². The Kier molecular flexibility index (Phi) is 26.9. The smallest absolute Gasteiger partial charge is 0.281 e. The summed E-state index contributed by atoms with van der Waals surface area (Å²) in [7, 11) is -12.7. The number of nitrogens with zero attached hydrogens (tertiary/aromatic N) is 11. The molecular formula is C105H139ClN18O15S3. The molecule has 9 aliphatic heterocycles. The van der Waals surface area contributed by atoms with Crippen molar-refractivity contribution in [3.05, 3.63) is 113 Å². The lowest BCUT2D eigenvalue weighted by atomic mass is 9.50. The van der Waals surface area contributed by atoms with Crippen molar-refractivity contribution in [1.29, 1.82) is 0 Å². The molecule has 6 aromatic heterocycles. The Balaban J connectivity index is 0.000000118. The second-order valence-corrected chi connectivity index (χ2v) is 52.7. The Morgan fingerprint density at radius 2 is 0.641 bits per heavy atom. The van der Waals surface area contributed by atoms with Crippen LogP contribution in [-0.2, 0) is 58.7 Å². The van der Waals surface area contributed by atoms with Crippen LogP contribution in [0.2, 0.25) is 5.15 Å². The predicted octanol–water partition coefficient (Wildman–Crippen LogP) is 14.7. The summed E-state index contributed by atoms with van der Waals surface area (Å²) in [4.78, 5) is 116. The monoisotopic (exact) mass is 2020 g/mol. The third-order valence-electron chi connectivity index (χ3n) is 35.0. The molecule has 142 heavy (non-hydrogen) atoms. The fourth-order valence-electron chi connectivity index (χ4n) is 30.1. The van der Waals surface area contributed by atoms with Crippen molar-refractivity contribution in [2.24, 2.45) is 87.3 Å². The summed E-state index contributed by atoms with van der Waals surface area (Å²) in [5, 5.41) is 12.0. The summed E-state index contributed by atoms with van der Waals surface area (Å²) in [6.45, 7) is 20.7. The molecule has 3 unspecified atom stereocenters. The van der Waals surface area contributed by atoms with Gasteiger partial charge in [0.2, 0.25) is 5.91 Å². The van der Waals surface area contributed by atoms with Gasteiger partial charge < -0.3 is 50.2 Å². The first kappa shape index (κ1) is 98.6. The number of sulfonamides is 3. The molecule has 0 radical (unpaired) electrons. The molecular weight excluding hydrogens is 1880 g/mol. The maximum atomic E-state index is 13.8. The van der Waals surface area contributed by atoms with E-state index in [0.29, 0.717) is 142 Å². The number of nitrogens with one attached hydrogen (secondary N) is 7. The van der Waals surface area contributed by atoms with Crippen LogP contribution in [0.5, 0.6) is 0 Å². The fourth-order valence-corrected chi connectivity index (χ4v) is 33.1. The third kappa shape index (κ3) is 20.7. The van der Waals surface area contributed by atoms with Gasteiger partial charge in [-0.3, -0.25) is 38.6 Å². The van der Waals surface area contributed by atoms with E-state index >= 15 is 0 Å². The summed E-state index contributed by atoms with van der Waals surface area (Å²) in [5.74, 6) is 10.1. The second-order valence-electron chi connectivity index (χ2n) is 47.4. The highest BCUT2D eigenvalue weighted by Crippen LogP contribution is 2.63. The third-order valence-corrected chi connectivity index (χ3v) is 38.9. The molecule has 18 fully saturated rings. The van der Waals surface area contributed by atoms with Gasteiger partial charge in [-0.05, 0) is 381 Å². The number of rotatable bonds is 11. The van der Waals surface area contributed by atoms with Crippen LogP contribution in [0.15, 0.2) is 106 Å². The molecule has 33 nitrogen and oxygen atoms in total. The highest BCUT2D eigenvalue weighted by Gasteiger charge is 2.57. The van der Waals surface area contributed by atoms with Crippen LogP contribution < -0.4 is 59.9 Å². The zero-order valence-electron chi connectivity index (χ0n) is 82.7. The van der Waals surface area contributed by atoms with Crippen molar-refractivity contribution in [2.75, 3.05) is 119 Å². The number of amides is 6. The van der Waals surface area contributed by atoms with Crippen molar-refractivity contribution in [3.63, 3.8) is 0 Å². The van der Waals surface area contributed by atoms with Gasteiger partial charge in [0.15, 0.2) is 15.1 Å². The molecule has 12 aliphatic carbocycles. The number of carbonyl (C=O) groups is 6. The first-order valence-corrected chi connectivity index (χ1v) is 57.3. The van der Waals surface area contributed by atoms with E-state index in [4.69, 9.17) is 35.8 Å². The predicted molar refractivity (Wildman–Crippen MR) is 539 cm³/mol. The molecule has 21 aliphatic rings. The van der Waals surface area contributed by atoms with E-state index in [1.165, 1.54) is 146 Å². The standard InChI is InChI=1S/2C35H46N6O5S.C20H24ClN5O3S.C15H23NO2/c2*1-34(2)16-22-5-4-11-36-28-6-3-7-30(37-28)47(44,45)39-32(42)26-8-9-29(38-31(26)41(34)20-22)40-12-10-27(33(40)43)46-21-35-17-23-13-24(18-35)15-25(14-23)19-35;1-20(2)11-13-5-4-10-22-16-6-3-7-17(24-16)30(28,29)25-19(27)14-8-9-15(21)23-18(14)26(20)12-13;17-14-13(1-2-16-14)18-9-15-6-10-3-11(7-15)5-12(4-10)8-15/h2*3,6-9,22-25,27H,4-5,10-21H2,1-2H3,(H,36,37)(H,39,42);3,6-9,13H,4-5,10-12H2,1-2H3,(H,22,24)(H,25,27);10-13H,1-9H2,(H,16,17)/t2*22-,23?,24?,25?,27?,35?;13-;/m000./s1. The Morgan fingerprint density at radius 1 is 0.338 bits per heavy atom. The van der Waals surface area contributed by atoms with Crippen LogP contribution in [0.4, 0.5) is 46.5 Å². The molecule has 37 heteroatoms. The van der Waals surface area contributed by atoms with Gasteiger partial charge in [0, 0.05) is 88.4 Å². The quantitative estimate of drug-likeness (QED) is 0.0592. The number of halogens is 1. The molecule has 0 aromatic carbocycles. The van der Waals surface area contributed by atoms with Crippen molar-refractivity contribution in [1.82, 2.24) is 49.4 Å². The second kappa shape index (κ2) is 38.7. The van der Waals surface area contributed by atoms with E-state index in [1.54, 1.807) is 70.5 Å². The number of hydrogen-bond donors (Lipinski definition) is 7. The molecule has 6 atom stereocenters. The molecule has 15 heterocycles. The summed E-state index contributed by atoms with van der Waals surface area (Å²) in [5.41, 5.74) is 0.456. The minimum Gasteiger partial charge on any atom is -0.370 e. The number of anilines is 8. The highest BCUT2D eigenvalue weighted by atomic mass is 35.5. The normalized spacial score (nSPS) is 33.6.